The highest BCUT2D eigenvalue weighted by Gasteiger charge is 2.51. The van der Waals surface area contributed by atoms with Crippen LogP contribution in [0.2, 0.25) is 0 Å². The van der Waals surface area contributed by atoms with Crippen molar-refractivity contribution in [3.63, 3.8) is 0 Å². The van der Waals surface area contributed by atoms with Gasteiger partial charge in [0.25, 0.3) is 0 Å². The Bertz CT molecular complexity index is 412. The van der Waals surface area contributed by atoms with Crippen LogP contribution in [0.5, 0.6) is 0 Å². The van der Waals surface area contributed by atoms with Gasteiger partial charge in [-0.05, 0) is 24.2 Å². The molecule has 18 heavy (non-hydrogen) atoms. The van der Waals surface area contributed by atoms with Gasteiger partial charge in [0.2, 0.25) is 0 Å². The Kier molecular flexibility index (Phi) is 3.36. The summed E-state index contributed by atoms with van der Waals surface area (Å²) in [5.41, 5.74) is 4.79. The van der Waals surface area contributed by atoms with Crippen molar-refractivity contribution < 1.29 is 27.8 Å². The van der Waals surface area contributed by atoms with Gasteiger partial charge in [0.15, 0.2) is 5.78 Å². The van der Waals surface area contributed by atoms with Crippen LogP contribution in [0.15, 0.2) is 23.8 Å². The fraction of sp³-hybridized carbons (Fsp3) is 0.545. The quantitative estimate of drug-likeness (QED) is 0.434. The van der Waals surface area contributed by atoms with Crippen LogP contribution in [0.1, 0.15) is 6.42 Å². The summed E-state index contributed by atoms with van der Waals surface area (Å²) in [6, 6.07) is 0. The molecule has 3 aliphatic rings. The first-order chi connectivity index (χ1) is 8.31. The van der Waals surface area contributed by atoms with Crippen LogP contribution in [0, 0.1) is 23.7 Å². The van der Waals surface area contributed by atoms with Crippen molar-refractivity contribution in [1.82, 2.24) is 0 Å². The average molecular weight is 263 g/mol. The molecule has 0 radical (unpaired) electrons. The Hall–Kier alpha value is -1.11. The molecule has 0 aromatic carbocycles. The molecule has 0 aromatic heterocycles. The maximum absolute atomic E-state index is 11.9. The lowest BCUT2D eigenvalue weighted by molar-refractivity contribution is -0.355. The number of allylic oxidation sites excluding steroid dienone is 3. The minimum absolute atomic E-state index is 0.298. The zero-order chi connectivity index (χ0) is 13.5. The Morgan fingerprint density at radius 2 is 1.78 bits per heavy atom. The molecule has 2 nitrogen and oxygen atoms in total. The molecule has 0 spiro atoms. The van der Waals surface area contributed by atoms with Crippen molar-refractivity contribution in [1.29, 1.82) is 0 Å². The van der Waals surface area contributed by atoms with Gasteiger partial charge >= 0.3 is 7.25 Å². The first kappa shape index (κ1) is 13.3. The van der Waals surface area contributed by atoms with E-state index in [1.165, 1.54) is 6.42 Å². The molecular weight excluding hydrogens is 249 g/mol. The third-order valence-electron chi connectivity index (χ3n) is 3.80. The van der Waals surface area contributed by atoms with E-state index in [1.54, 1.807) is 0 Å². The van der Waals surface area contributed by atoms with Crippen LogP contribution in [0.4, 0.5) is 17.3 Å². The standard InChI is InChI=1S/C11H13NO.BF4/c12-5-8-4-9-6-1-2-7(3-6)10(9)11(8)13;2-1(3,4)5/h1-2,4,6-7,9-10H,3,5,12H2;/q;-1/p+1/t6-,7+,9+,10-;/m1./s1. The molecule has 1 fully saturated rings. The molecule has 3 aliphatic carbocycles. The summed E-state index contributed by atoms with van der Waals surface area (Å²) in [7, 11) is -6.00. The maximum Gasteiger partial charge on any atom is 0.673 e. The lowest BCUT2D eigenvalue weighted by atomic mass is 9.85. The molecule has 7 heteroatoms. The number of Topliss-reactive ketones (excluding diaryl/α,β-unsaturated/α-hetero) is 1. The average Bonchev–Trinajstić information content (AvgIpc) is 2.87. The van der Waals surface area contributed by atoms with Gasteiger partial charge in [0.05, 0.1) is 0 Å². The minimum Gasteiger partial charge on any atom is -0.418 e. The molecule has 0 saturated heterocycles. The summed E-state index contributed by atoms with van der Waals surface area (Å²) in [6.07, 6.45) is 7.93. The Morgan fingerprint density at radius 1 is 1.22 bits per heavy atom. The van der Waals surface area contributed by atoms with Gasteiger partial charge in [-0.2, -0.15) is 0 Å². The summed E-state index contributed by atoms with van der Waals surface area (Å²) in [5, 5.41) is 0. The van der Waals surface area contributed by atoms with Crippen LogP contribution >= 0.6 is 0 Å². The van der Waals surface area contributed by atoms with Crippen LogP contribution in [-0.2, 0) is 4.79 Å². The van der Waals surface area contributed by atoms with E-state index in [9.17, 15) is 22.1 Å². The lowest BCUT2D eigenvalue weighted by Gasteiger charge is -2.17. The van der Waals surface area contributed by atoms with Crippen LogP contribution in [0.3, 0.4) is 0 Å². The van der Waals surface area contributed by atoms with Crippen molar-refractivity contribution >= 4 is 13.0 Å². The Balaban J connectivity index is 0.000000209. The molecule has 0 heterocycles. The van der Waals surface area contributed by atoms with Gasteiger partial charge < -0.3 is 23.0 Å². The van der Waals surface area contributed by atoms with E-state index in [0.29, 0.717) is 36.0 Å². The summed E-state index contributed by atoms with van der Waals surface area (Å²) < 4.78 is 39.0. The van der Waals surface area contributed by atoms with Gasteiger partial charge in [-0.15, -0.1) is 0 Å². The molecule has 0 aromatic rings. The zero-order valence-electron chi connectivity index (χ0n) is 9.66. The second-order valence-electron chi connectivity index (χ2n) is 4.85. The predicted octanol–water partition coefficient (Wildman–Crippen LogP) is 1.48. The van der Waals surface area contributed by atoms with Gasteiger partial charge in [0, 0.05) is 11.5 Å². The number of ketones is 1. The van der Waals surface area contributed by atoms with E-state index in [0.717, 1.165) is 5.57 Å². The first-order valence-electron chi connectivity index (χ1n) is 5.91. The van der Waals surface area contributed by atoms with Crippen LogP contribution in [-0.4, -0.2) is 19.6 Å². The number of halogens is 4. The largest absolute Gasteiger partial charge is 0.673 e. The first-order valence-corrected chi connectivity index (χ1v) is 5.91. The smallest absolute Gasteiger partial charge is 0.418 e. The van der Waals surface area contributed by atoms with Gasteiger partial charge in [-0.1, -0.05) is 18.2 Å². The second-order valence-corrected chi connectivity index (χ2v) is 4.85. The summed E-state index contributed by atoms with van der Waals surface area (Å²) >= 11 is 0. The maximum atomic E-state index is 11.9. The lowest BCUT2D eigenvalue weighted by Crippen LogP contribution is -2.52. The van der Waals surface area contributed by atoms with E-state index < -0.39 is 7.25 Å². The predicted molar refractivity (Wildman–Crippen MR) is 58.7 cm³/mol. The molecule has 0 unspecified atom stereocenters. The molecule has 100 valence electrons. The molecular formula is C11H14BF4NO. The fourth-order valence-corrected chi connectivity index (χ4v) is 3.19. The molecule has 0 amide bonds. The SMILES string of the molecule is F[B-](F)(F)F.[NH3+]CC1=C[C@@H]2[C@H](C1=O)[C@H]1C=C[C@@H]2C1. The van der Waals surface area contributed by atoms with E-state index in [4.69, 9.17) is 0 Å². The fourth-order valence-electron chi connectivity index (χ4n) is 3.19. The van der Waals surface area contributed by atoms with Crippen LogP contribution in [0.25, 0.3) is 0 Å². The highest BCUT2D eigenvalue weighted by atomic mass is 19.5. The van der Waals surface area contributed by atoms with Gasteiger partial charge in [0.1, 0.15) is 6.54 Å². The van der Waals surface area contributed by atoms with Crippen molar-refractivity contribution in [3.05, 3.63) is 23.8 Å². The van der Waals surface area contributed by atoms with Crippen molar-refractivity contribution in [2.45, 2.75) is 6.42 Å². The van der Waals surface area contributed by atoms with E-state index in [2.05, 4.69) is 24.0 Å². The molecule has 3 rings (SSSR count). The highest BCUT2D eigenvalue weighted by molar-refractivity contribution is 6.50. The monoisotopic (exact) mass is 263 g/mol. The van der Waals surface area contributed by atoms with E-state index >= 15 is 0 Å². The summed E-state index contributed by atoms with van der Waals surface area (Å²) in [5.74, 6) is 2.41. The van der Waals surface area contributed by atoms with Crippen molar-refractivity contribution in [2.24, 2.45) is 23.7 Å². The molecule has 2 bridgehead atoms. The molecule has 0 aliphatic heterocycles. The number of rotatable bonds is 1. The second kappa shape index (κ2) is 4.53. The van der Waals surface area contributed by atoms with Crippen LogP contribution < -0.4 is 5.73 Å². The number of fused-ring (bicyclic) bond motifs is 5. The highest BCUT2D eigenvalue weighted by Crippen LogP contribution is 2.52. The Morgan fingerprint density at radius 3 is 2.28 bits per heavy atom. The Labute approximate surface area is 102 Å². The normalized spacial score (nSPS) is 36.3. The molecule has 1 saturated carbocycles. The zero-order valence-corrected chi connectivity index (χ0v) is 9.66. The summed E-state index contributed by atoms with van der Waals surface area (Å²) in [6.45, 7) is 0.672. The topological polar surface area (TPSA) is 44.7 Å². The number of hydrogen-bond acceptors (Lipinski definition) is 1. The number of quaternary nitrogens is 1. The van der Waals surface area contributed by atoms with E-state index in [-0.39, 0.29) is 0 Å². The van der Waals surface area contributed by atoms with E-state index in [1.807, 2.05) is 0 Å². The minimum atomic E-state index is -6.00. The van der Waals surface area contributed by atoms with Gasteiger partial charge in [-0.3, -0.25) is 4.79 Å². The van der Waals surface area contributed by atoms with Crippen molar-refractivity contribution in [3.8, 4) is 0 Å². The molecule has 4 atom stereocenters. The summed E-state index contributed by atoms with van der Waals surface area (Å²) in [4.78, 5) is 11.9. The number of carbonyl (C=O) groups is 1. The third kappa shape index (κ3) is 2.50. The van der Waals surface area contributed by atoms with Crippen molar-refractivity contribution in [2.75, 3.05) is 6.54 Å². The van der Waals surface area contributed by atoms with Gasteiger partial charge in [-0.25, -0.2) is 0 Å². The number of hydrogen-bond donors (Lipinski definition) is 1. The number of carbonyl (C=O) groups excluding carboxylic acids is 1. The molecule has 3 N–H and O–H groups in total. The third-order valence-corrected chi connectivity index (χ3v) is 3.80.